The van der Waals surface area contributed by atoms with E-state index in [-0.39, 0.29) is 11.5 Å². The lowest BCUT2D eigenvalue weighted by Gasteiger charge is -2.29. The van der Waals surface area contributed by atoms with Gasteiger partial charge in [0, 0.05) is 44.4 Å². The van der Waals surface area contributed by atoms with Crippen molar-refractivity contribution >= 4 is 0 Å². The van der Waals surface area contributed by atoms with E-state index in [1.54, 1.807) is 6.07 Å². The van der Waals surface area contributed by atoms with E-state index >= 15 is 0 Å². The first-order valence-electron chi connectivity index (χ1n) is 5.80. The lowest BCUT2D eigenvalue weighted by molar-refractivity contribution is 0.103. The molecule has 4 N–H and O–H groups in total. The topological polar surface area (TPSA) is 76.0 Å². The molecule has 0 spiro atoms. The molecule has 2 rings (SSSR count). The molecule has 5 heteroatoms. The smallest absolute Gasteiger partial charge is 0.125 e. The van der Waals surface area contributed by atoms with Crippen LogP contribution in [-0.2, 0) is 0 Å². The first-order valence-corrected chi connectivity index (χ1v) is 5.80. The number of aromatic hydroxyl groups is 2. The monoisotopic (exact) mass is 238 g/mol. The molecule has 1 aliphatic heterocycles. The third-order valence-corrected chi connectivity index (χ3v) is 3.01. The molecule has 0 saturated carbocycles. The molecule has 1 heterocycles. The lowest BCUT2D eigenvalue weighted by Crippen LogP contribution is -2.44. The highest BCUT2D eigenvalue weighted by Gasteiger charge is 2.18. The van der Waals surface area contributed by atoms with Gasteiger partial charge in [0.2, 0.25) is 0 Å². The quantitative estimate of drug-likeness (QED) is 0.598. The summed E-state index contributed by atoms with van der Waals surface area (Å²) < 4.78 is 0. The van der Waals surface area contributed by atoms with Crippen LogP contribution >= 0.6 is 0 Å². The zero-order chi connectivity index (χ0) is 12.3. The Labute approximate surface area is 100 Å². The van der Waals surface area contributed by atoms with Crippen LogP contribution in [-0.4, -0.2) is 52.9 Å². The zero-order valence-electron chi connectivity index (χ0n) is 9.63. The number of aliphatic hydroxyl groups excluding tert-OH is 1. The van der Waals surface area contributed by atoms with Crippen molar-refractivity contribution in [2.24, 2.45) is 0 Å². The number of β-amino-alcohol motifs (C(OH)–C–C–N with tert-alkyl or cyclic N) is 1. The first-order chi connectivity index (χ1) is 8.16. The van der Waals surface area contributed by atoms with Gasteiger partial charge in [0.05, 0.1) is 6.10 Å². The number of nitrogens with one attached hydrogen (secondary N) is 1. The van der Waals surface area contributed by atoms with Crippen LogP contribution in [0.4, 0.5) is 0 Å². The number of phenolic OH excluding ortho intramolecular Hbond substituents is 2. The average Bonchev–Trinajstić information content (AvgIpc) is 2.30. The van der Waals surface area contributed by atoms with Crippen LogP contribution < -0.4 is 5.32 Å². The van der Waals surface area contributed by atoms with E-state index in [0.29, 0.717) is 12.1 Å². The van der Waals surface area contributed by atoms with Crippen molar-refractivity contribution in [3.05, 3.63) is 23.8 Å². The van der Waals surface area contributed by atoms with Gasteiger partial charge < -0.3 is 20.6 Å². The van der Waals surface area contributed by atoms with Crippen molar-refractivity contribution < 1.29 is 15.3 Å². The summed E-state index contributed by atoms with van der Waals surface area (Å²) in [5.74, 6) is -0.0618. The largest absolute Gasteiger partial charge is 0.508 e. The molecule has 1 unspecified atom stereocenters. The van der Waals surface area contributed by atoms with Crippen LogP contribution in [0, 0.1) is 0 Å². The Kier molecular flexibility index (Phi) is 3.83. The minimum atomic E-state index is -0.728. The first kappa shape index (κ1) is 12.2. The van der Waals surface area contributed by atoms with Gasteiger partial charge in [0.1, 0.15) is 11.5 Å². The molecule has 1 fully saturated rings. The summed E-state index contributed by atoms with van der Waals surface area (Å²) in [6.07, 6.45) is -0.728. The molecule has 1 atom stereocenters. The molecule has 1 aliphatic rings. The molecular formula is C12H18N2O3. The van der Waals surface area contributed by atoms with Crippen LogP contribution in [0.5, 0.6) is 11.5 Å². The fraction of sp³-hybridized carbons (Fsp3) is 0.500. The number of benzene rings is 1. The molecule has 1 saturated heterocycles. The van der Waals surface area contributed by atoms with Gasteiger partial charge in [-0.15, -0.1) is 0 Å². The third kappa shape index (κ3) is 3.09. The molecule has 5 nitrogen and oxygen atoms in total. The van der Waals surface area contributed by atoms with Gasteiger partial charge in [0.15, 0.2) is 0 Å². The van der Waals surface area contributed by atoms with E-state index in [2.05, 4.69) is 10.2 Å². The zero-order valence-corrected chi connectivity index (χ0v) is 9.63. The highest BCUT2D eigenvalue weighted by Crippen LogP contribution is 2.28. The maximum Gasteiger partial charge on any atom is 0.125 e. The fourth-order valence-corrected chi connectivity index (χ4v) is 2.05. The predicted molar refractivity (Wildman–Crippen MR) is 64.0 cm³/mol. The van der Waals surface area contributed by atoms with Gasteiger partial charge in [-0.25, -0.2) is 0 Å². The van der Waals surface area contributed by atoms with Crippen molar-refractivity contribution in [3.63, 3.8) is 0 Å². The number of hydrogen-bond acceptors (Lipinski definition) is 5. The van der Waals surface area contributed by atoms with Crippen LogP contribution in [0.2, 0.25) is 0 Å². The molecule has 1 aromatic rings. The van der Waals surface area contributed by atoms with Crippen molar-refractivity contribution in [2.75, 3.05) is 32.7 Å². The molecule has 17 heavy (non-hydrogen) atoms. The molecule has 0 amide bonds. The fourth-order valence-electron chi connectivity index (χ4n) is 2.05. The van der Waals surface area contributed by atoms with Gasteiger partial charge in [0.25, 0.3) is 0 Å². The minimum Gasteiger partial charge on any atom is -0.508 e. The SMILES string of the molecule is Oc1ccc(C(O)CN2CCNCC2)c(O)c1. The number of hydrogen-bond donors (Lipinski definition) is 4. The maximum absolute atomic E-state index is 10.0. The molecule has 0 aliphatic carbocycles. The second kappa shape index (κ2) is 5.35. The second-order valence-electron chi connectivity index (χ2n) is 4.31. The lowest BCUT2D eigenvalue weighted by atomic mass is 10.1. The number of aliphatic hydroxyl groups is 1. The van der Waals surface area contributed by atoms with Crippen molar-refractivity contribution in [1.29, 1.82) is 0 Å². The van der Waals surface area contributed by atoms with Crippen molar-refractivity contribution in [3.8, 4) is 11.5 Å². The summed E-state index contributed by atoms with van der Waals surface area (Å²) in [5.41, 5.74) is 0.460. The van der Waals surface area contributed by atoms with Gasteiger partial charge in [-0.05, 0) is 12.1 Å². The van der Waals surface area contributed by atoms with Crippen LogP contribution in [0.1, 0.15) is 11.7 Å². The Balaban J connectivity index is 2.00. The van der Waals surface area contributed by atoms with Gasteiger partial charge in [-0.2, -0.15) is 0 Å². The van der Waals surface area contributed by atoms with Crippen LogP contribution in [0.3, 0.4) is 0 Å². The van der Waals surface area contributed by atoms with Gasteiger partial charge in [-0.1, -0.05) is 0 Å². The summed E-state index contributed by atoms with van der Waals surface area (Å²) in [7, 11) is 0. The Bertz CT molecular complexity index is 378. The van der Waals surface area contributed by atoms with Crippen molar-refractivity contribution in [2.45, 2.75) is 6.10 Å². The number of rotatable bonds is 3. The number of piperazine rings is 1. The summed E-state index contributed by atoms with van der Waals surface area (Å²) in [5, 5.41) is 32.1. The Morgan fingerprint density at radius 2 is 1.94 bits per heavy atom. The van der Waals surface area contributed by atoms with E-state index in [1.807, 2.05) is 0 Å². The second-order valence-corrected chi connectivity index (χ2v) is 4.31. The summed E-state index contributed by atoms with van der Waals surface area (Å²) in [4.78, 5) is 2.15. The summed E-state index contributed by atoms with van der Waals surface area (Å²) in [6, 6.07) is 4.27. The van der Waals surface area contributed by atoms with E-state index < -0.39 is 6.10 Å². The molecular weight excluding hydrogens is 220 g/mol. The maximum atomic E-state index is 10.0. The molecule has 94 valence electrons. The highest BCUT2D eigenvalue weighted by atomic mass is 16.3. The van der Waals surface area contributed by atoms with E-state index in [0.717, 1.165) is 26.2 Å². The molecule has 0 bridgehead atoms. The number of phenols is 2. The standard InChI is InChI=1S/C12H18N2O3/c15-9-1-2-10(11(16)7-9)12(17)8-14-5-3-13-4-6-14/h1-2,7,12-13,15-17H,3-6,8H2. The van der Waals surface area contributed by atoms with E-state index in [9.17, 15) is 15.3 Å². The summed E-state index contributed by atoms with van der Waals surface area (Å²) in [6.45, 7) is 4.15. The van der Waals surface area contributed by atoms with Crippen molar-refractivity contribution in [1.82, 2.24) is 10.2 Å². The average molecular weight is 238 g/mol. The normalized spacial score (nSPS) is 19.1. The molecule has 1 aromatic carbocycles. The Hall–Kier alpha value is -1.30. The molecule has 0 radical (unpaired) electrons. The van der Waals surface area contributed by atoms with Crippen LogP contribution in [0.25, 0.3) is 0 Å². The van der Waals surface area contributed by atoms with Crippen LogP contribution in [0.15, 0.2) is 18.2 Å². The Morgan fingerprint density at radius 1 is 1.24 bits per heavy atom. The number of nitrogens with zero attached hydrogens (tertiary/aromatic N) is 1. The predicted octanol–water partition coefficient (Wildman–Crippen LogP) is 0.0364. The molecule has 0 aromatic heterocycles. The van der Waals surface area contributed by atoms with Gasteiger partial charge >= 0.3 is 0 Å². The highest BCUT2D eigenvalue weighted by molar-refractivity contribution is 5.40. The van der Waals surface area contributed by atoms with E-state index in [1.165, 1.54) is 12.1 Å². The van der Waals surface area contributed by atoms with Gasteiger partial charge in [-0.3, -0.25) is 4.90 Å². The summed E-state index contributed by atoms with van der Waals surface area (Å²) >= 11 is 0. The van der Waals surface area contributed by atoms with E-state index in [4.69, 9.17) is 0 Å². The third-order valence-electron chi connectivity index (χ3n) is 3.01. The minimum absolute atomic E-state index is 0.000576. The Morgan fingerprint density at radius 3 is 2.59 bits per heavy atom.